The number of aromatic nitrogens is 1. The van der Waals surface area contributed by atoms with Gasteiger partial charge in [0.15, 0.2) is 0 Å². The van der Waals surface area contributed by atoms with Gasteiger partial charge in [-0.05, 0) is 40.2 Å². The normalized spacial score (nSPS) is 9.95. The zero-order valence-corrected chi connectivity index (χ0v) is 12.6. The summed E-state index contributed by atoms with van der Waals surface area (Å²) in [4.78, 5) is 16.2. The number of rotatable bonds is 4. The van der Waals surface area contributed by atoms with Crippen LogP contribution in [0, 0.1) is 0 Å². The van der Waals surface area contributed by atoms with Crippen molar-refractivity contribution in [3.63, 3.8) is 0 Å². The fourth-order valence-electron chi connectivity index (χ4n) is 1.66. The Kier molecular flexibility index (Phi) is 4.57. The molecule has 0 aliphatic rings. The van der Waals surface area contributed by atoms with Gasteiger partial charge in [-0.3, -0.25) is 4.79 Å². The van der Waals surface area contributed by atoms with Crippen molar-refractivity contribution in [3.8, 4) is 11.5 Å². The molecule has 1 aromatic heterocycles. The average molecular weight is 337 g/mol. The van der Waals surface area contributed by atoms with Crippen molar-refractivity contribution in [2.24, 2.45) is 0 Å². The smallest absolute Gasteiger partial charge is 0.258 e. The average Bonchev–Trinajstić information content (AvgIpc) is 2.47. The highest BCUT2D eigenvalue weighted by molar-refractivity contribution is 9.10. The minimum atomic E-state index is -0.281. The molecule has 0 aliphatic carbocycles. The number of benzene rings is 1. The number of hydrogen-bond acceptors (Lipinski definition) is 4. The van der Waals surface area contributed by atoms with Crippen molar-refractivity contribution < 1.29 is 14.3 Å². The molecular weight excluding hydrogens is 324 g/mol. The van der Waals surface area contributed by atoms with E-state index in [-0.39, 0.29) is 5.91 Å². The van der Waals surface area contributed by atoms with E-state index in [1.165, 1.54) is 7.11 Å². The molecule has 1 amide bonds. The lowest BCUT2D eigenvalue weighted by Gasteiger charge is -2.12. The van der Waals surface area contributed by atoms with Gasteiger partial charge in [-0.1, -0.05) is 0 Å². The van der Waals surface area contributed by atoms with Gasteiger partial charge in [0, 0.05) is 12.3 Å². The molecule has 1 aromatic carbocycles. The highest BCUT2D eigenvalue weighted by Crippen LogP contribution is 2.29. The molecule has 6 heteroatoms. The molecule has 0 saturated heterocycles. The van der Waals surface area contributed by atoms with Crippen LogP contribution in [0.1, 0.15) is 10.4 Å². The molecule has 0 unspecified atom stereocenters. The number of halogens is 1. The van der Waals surface area contributed by atoms with Crippen molar-refractivity contribution in [2.45, 2.75) is 0 Å². The second-order valence-corrected chi connectivity index (χ2v) is 4.61. The summed E-state index contributed by atoms with van der Waals surface area (Å²) in [7, 11) is 3.10. The van der Waals surface area contributed by atoms with Crippen LogP contribution in [0.15, 0.2) is 41.1 Å². The molecule has 0 fully saturated rings. The first-order chi connectivity index (χ1) is 9.65. The molecule has 0 bridgehead atoms. The minimum absolute atomic E-state index is 0.281. The fourth-order valence-corrected chi connectivity index (χ4v) is 2.09. The summed E-state index contributed by atoms with van der Waals surface area (Å²) in [5.74, 6) is 0.905. The Morgan fingerprint density at radius 1 is 1.25 bits per heavy atom. The van der Waals surface area contributed by atoms with E-state index in [1.807, 2.05) is 0 Å². The maximum absolute atomic E-state index is 12.2. The topological polar surface area (TPSA) is 60.5 Å². The van der Waals surface area contributed by atoms with Crippen molar-refractivity contribution in [3.05, 3.63) is 46.7 Å². The summed E-state index contributed by atoms with van der Waals surface area (Å²) >= 11 is 3.25. The van der Waals surface area contributed by atoms with E-state index in [0.29, 0.717) is 27.4 Å². The van der Waals surface area contributed by atoms with Crippen LogP contribution in [0.5, 0.6) is 11.5 Å². The first-order valence-electron chi connectivity index (χ1n) is 5.79. The number of pyridine rings is 1. The molecule has 1 N–H and O–H groups in total. The predicted molar refractivity (Wildman–Crippen MR) is 79.4 cm³/mol. The number of hydrogen-bond donors (Lipinski definition) is 1. The highest BCUT2D eigenvalue weighted by Gasteiger charge is 2.13. The first kappa shape index (κ1) is 14.3. The molecule has 0 saturated carbocycles. The Labute approximate surface area is 125 Å². The number of anilines is 1. The molecule has 20 heavy (non-hydrogen) atoms. The van der Waals surface area contributed by atoms with Crippen LogP contribution in [0.4, 0.5) is 5.69 Å². The van der Waals surface area contributed by atoms with E-state index >= 15 is 0 Å². The third-order valence-electron chi connectivity index (χ3n) is 2.66. The van der Waals surface area contributed by atoms with Gasteiger partial charge in [0.1, 0.15) is 16.1 Å². The quantitative estimate of drug-likeness (QED) is 0.871. The zero-order chi connectivity index (χ0) is 14.5. The maximum Gasteiger partial charge on any atom is 0.258 e. The Bertz CT molecular complexity index is 632. The number of amides is 1. The number of carbonyl (C=O) groups is 1. The van der Waals surface area contributed by atoms with Gasteiger partial charge < -0.3 is 14.8 Å². The fraction of sp³-hybridized carbons (Fsp3) is 0.143. The molecule has 0 radical (unpaired) electrons. The lowest BCUT2D eigenvalue weighted by molar-refractivity contribution is 0.102. The minimum Gasteiger partial charge on any atom is -0.497 e. The number of nitrogens with zero attached hydrogens (tertiary/aromatic N) is 1. The molecule has 0 atom stereocenters. The Hall–Kier alpha value is -2.08. The zero-order valence-electron chi connectivity index (χ0n) is 11.0. The van der Waals surface area contributed by atoms with Gasteiger partial charge in [-0.15, -0.1) is 0 Å². The van der Waals surface area contributed by atoms with E-state index in [0.717, 1.165) is 0 Å². The number of nitrogens with one attached hydrogen (secondary N) is 1. The largest absolute Gasteiger partial charge is 0.497 e. The van der Waals surface area contributed by atoms with Crippen molar-refractivity contribution in [1.82, 2.24) is 4.98 Å². The van der Waals surface area contributed by atoms with Gasteiger partial charge in [-0.2, -0.15) is 0 Å². The molecule has 0 aliphatic heterocycles. The van der Waals surface area contributed by atoms with Crippen LogP contribution in [0.2, 0.25) is 0 Å². The SMILES string of the molecule is COc1ccc(OC)c(NC(=O)c2cccnc2Br)c1. The second kappa shape index (κ2) is 6.38. The molecule has 2 rings (SSSR count). The van der Waals surface area contributed by atoms with Gasteiger partial charge in [0.2, 0.25) is 0 Å². The summed E-state index contributed by atoms with van der Waals surface area (Å²) in [5, 5.41) is 2.78. The van der Waals surface area contributed by atoms with Crippen LogP contribution >= 0.6 is 15.9 Å². The first-order valence-corrected chi connectivity index (χ1v) is 6.59. The molecule has 104 valence electrons. The molecule has 1 heterocycles. The summed E-state index contributed by atoms with van der Waals surface area (Å²) < 4.78 is 10.8. The number of methoxy groups -OCH3 is 2. The van der Waals surface area contributed by atoms with E-state index in [1.54, 1.807) is 43.6 Å². The molecule has 0 spiro atoms. The van der Waals surface area contributed by atoms with Crippen LogP contribution in [0.25, 0.3) is 0 Å². The standard InChI is InChI=1S/C14H13BrN2O3/c1-19-9-5-6-12(20-2)11(8-9)17-14(18)10-4-3-7-16-13(10)15/h3-8H,1-2H3,(H,17,18). The summed E-state index contributed by atoms with van der Waals surface area (Å²) in [6, 6.07) is 8.56. The van der Waals surface area contributed by atoms with Gasteiger partial charge in [0.05, 0.1) is 25.5 Å². The summed E-state index contributed by atoms with van der Waals surface area (Å²) in [5.41, 5.74) is 0.977. The summed E-state index contributed by atoms with van der Waals surface area (Å²) in [6.07, 6.45) is 1.60. The lowest BCUT2D eigenvalue weighted by Crippen LogP contribution is -2.13. The summed E-state index contributed by atoms with van der Waals surface area (Å²) in [6.45, 7) is 0. The van der Waals surface area contributed by atoms with Gasteiger partial charge in [0.25, 0.3) is 5.91 Å². The Balaban J connectivity index is 2.29. The number of carbonyl (C=O) groups excluding carboxylic acids is 1. The van der Waals surface area contributed by atoms with E-state index < -0.39 is 0 Å². The van der Waals surface area contributed by atoms with Gasteiger partial charge >= 0.3 is 0 Å². The van der Waals surface area contributed by atoms with E-state index in [9.17, 15) is 4.79 Å². The number of ether oxygens (including phenoxy) is 2. The van der Waals surface area contributed by atoms with Crippen LogP contribution in [-0.4, -0.2) is 25.1 Å². The third kappa shape index (κ3) is 3.08. The Morgan fingerprint density at radius 3 is 2.70 bits per heavy atom. The second-order valence-electron chi connectivity index (χ2n) is 3.86. The van der Waals surface area contributed by atoms with Crippen molar-refractivity contribution in [2.75, 3.05) is 19.5 Å². The lowest BCUT2D eigenvalue weighted by atomic mass is 10.2. The molecule has 2 aromatic rings. The van der Waals surface area contributed by atoms with E-state index in [4.69, 9.17) is 9.47 Å². The third-order valence-corrected chi connectivity index (χ3v) is 3.29. The van der Waals surface area contributed by atoms with Crippen molar-refractivity contribution in [1.29, 1.82) is 0 Å². The monoisotopic (exact) mass is 336 g/mol. The highest BCUT2D eigenvalue weighted by atomic mass is 79.9. The maximum atomic E-state index is 12.2. The van der Waals surface area contributed by atoms with E-state index in [2.05, 4.69) is 26.2 Å². The van der Waals surface area contributed by atoms with Crippen molar-refractivity contribution >= 4 is 27.5 Å². The molecular formula is C14H13BrN2O3. The Morgan fingerprint density at radius 2 is 2.05 bits per heavy atom. The van der Waals surface area contributed by atoms with Crippen LogP contribution in [-0.2, 0) is 0 Å². The predicted octanol–water partition coefficient (Wildman–Crippen LogP) is 3.11. The van der Waals surface area contributed by atoms with Gasteiger partial charge in [-0.25, -0.2) is 4.98 Å². The van der Waals surface area contributed by atoms with Crippen LogP contribution in [0.3, 0.4) is 0 Å². The van der Waals surface area contributed by atoms with Crippen LogP contribution < -0.4 is 14.8 Å². The molecule has 5 nitrogen and oxygen atoms in total.